The number of amides is 3. The number of hydrogen-bond acceptors (Lipinski definition) is 4. The van der Waals surface area contributed by atoms with E-state index in [9.17, 15) is 27.6 Å². The predicted molar refractivity (Wildman–Crippen MR) is 83.1 cm³/mol. The van der Waals surface area contributed by atoms with Gasteiger partial charge < -0.3 is 5.32 Å². The number of thioether (sulfide) groups is 1. The first-order valence-electron chi connectivity index (χ1n) is 6.78. The number of alkyl halides is 3. The zero-order valence-corrected chi connectivity index (χ0v) is 13.5. The summed E-state index contributed by atoms with van der Waals surface area (Å²) in [6.45, 7) is 2.65. The highest BCUT2D eigenvalue weighted by Crippen LogP contribution is 2.35. The average Bonchev–Trinajstić information content (AvgIpc) is 2.75. The maximum absolute atomic E-state index is 12.9. The first-order valence-corrected chi connectivity index (χ1v) is 7.60. The van der Waals surface area contributed by atoms with Crippen LogP contribution in [-0.2, 0) is 15.8 Å². The molecular formula is C15H13F3N2O3S. The van der Waals surface area contributed by atoms with Crippen molar-refractivity contribution in [2.24, 2.45) is 0 Å². The number of rotatable bonds is 3. The van der Waals surface area contributed by atoms with Crippen molar-refractivity contribution in [3.63, 3.8) is 0 Å². The molecule has 0 aliphatic carbocycles. The van der Waals surface area contributed by atoms with E-state index < -0.39 is 41.0 Å². The van der Waals surface area contributed by atoms with Crippen LogP contribution in [0.5, 0.6) is 0 Å². The summed E-state index contributed by atoms with van der Waals surface area (Å²) >= 11 is 0.703. The molecule has 0 radical (unpaired) electrons. The van der Waals surface area contributed by atoms with E-state index in [1.54, 1.807) is 13.8 Å². The molecule has 0 aromatic heterocycles. The van der Waals surface area contributed by atoms with Gasteiger partial charge in [0.15, 0.2) is 0 Å². The molecule has 1 aromatic carbocycles. The second kappa shape index (κ2) is 6.68. The molecule has 0 unspecified atom stereocenters. The van der Waals surface area contributed by atoms with Crippen LogP contribution in [0.3, 0.4) is 0 Å². The molecule has 1 aromatic rings. The Morgan fingerprint density at radius 3 is 2.38 bits per heavy atom. The lowest BCUT2D eigenvalue weighted by molar-refractivity contribution is -0.137. The smallest absolute Gasteiger partial charge is 0.324 e. The summed E-state index contributed by atoms with van der Waals surface area (Å²) in [4.78, 5) is 36.7. The summed E-state index contributed by atoms with van der Waals surface area (Å²) in [5.41, 5.74) is -0.801. The number of carbonyl (C=O) groups is 3. The van der Waals surface area contributed by atoms with Gasteiger partial charge in [-0.15, -0.1) is 0 Å². The quantitative estimate of drug-likeness (QED) is 0.838. The van der Waals surface area contributed by atoms with Gasteiger partial charge in [0.2, 0.25) is 5.91 Å². The van der Waals surface area contributed by atoms with E-state index in [4.69, 9.17) is 0 Å². The van der Waals surface area contributed by atoms with Gasteiger partial charge >= 0.3 is 6.18 Å². The van der Waals surface area contributed by atoms with Crippen LogP contribution < -0.4 is 5.32 Å². The third-order valence-electron chi connectivity index (χ3n) is 3.11. The number of para-hydroxylation sites is 1. The minimum atomic E-state index is -4.63. The molecule has 1 heterocycles. The monoisotopic (exact) mass is 358 g/mol. The fourth-order valence-corrected chi connectivity index (χ4v) is 2.85. The molecule has 1 fully saturated rings. The fourth-order valence-electron chi connectivity index (χ4n) is 2.02. The van der Waals surface area contributed by atoms with Crippen molar-refractivity contribution < 1.29 is 27.6 Å². The second-order valence-corrected chi connectivity index (χ2v) is 6.14. The van der Waals surface area contributed by atoms with Crippen LogP contribution in [-0.4, -0.2) is 28.5 Å². The van der Waals surface area contributed by atoms with Crippen LogP contribution >= 0.6 is 11.8 Å². The number of hydrogen-bond donors (Lipinski definition) is 1. The molecule has 1 aliphatic heterocycles. The van der Waals surface area contributed by atoms with Crippen molar-refractivity contribution in [2.45, 2.75) is 20.0 Å². The Morgan fingerprint density at radius 1 is 1.21 bits per heavy atom. The number of halogens is 3. The average molecular weight is 358 g/mol. The summed E-state index contributed by atoms with van der Waals surface area (Å²) in [6, 6.07) is 4.47. The topological polar surface area (TPSA) is 66.5 Å². The minimum Gasteiger partial charge on any atom is -0.324 e. The van der Waals surface area contributed by atoms with Gasteiger partial charge in [-0.3, -0.25) is 19.3 Å². The van der Waals surface area contributed by atoms with Crippen LogP contribution in [0.25, 0.3) is 0 Å². The van der Waals surface area contributed by atoms with E-state index in [-0.39, 0.29) is 4.91 Å². The van der Waals surface area contributed by atoms with E-state index in [1.807, 2.05) is 0 Å². The summed E-state index contributed by atoms with van der Waals surface area (Å²) < 4.78 is 38.7. The van der Waals surface area contributed by atoms with Crippen LogP contribution in [0.2, 0.25) is 0 Å². The third kappa shape index (κ3) is 3.78. The minimum absolute atomic E-state index is 0.225. The zero-order valence-electron chi connectivity index (χ0n) is 12.7. The van der Waals surface area contributed by atoms with Crippen LogP contribution in [0.4, 0.5) is 23.7 Å². The Morgan fingerprint density at radius 2 is 1.83 bits per heavy atom. The van der Waals surface area contributed by atoms with Gasteiger partial charge in [-0.2, -0.15) is 13.2 Å². The fraction of sp³-hybridized carbons (Fsp3) is 0.267. The van der Waals surface area contributed by atoms with Gasteiger partial charge in [0.1, 0.15) is 6.54 Å². The highest BCUT2D eigenvalue weighted by molar-refractivity contribution is 8.18. The highest BCUT2D eigenvalue weighted by atomic mass is 32.2. The van der Waals surface area contributed by atoms with Gasteiger partial charge in [0.05, 0.1) is 16.2 Å². The van der Waals surface area contributed by atoms with E-state index in [1.165, 1.54) is 12.1 Å². The van der Waals surface area contributed by atoms with Crippen molar-refractivity contribution in [1.29, 1.82) is 0 Å². The summed E-state index contributed by atoms with van der Waals surface area (Å²) in [5, 5.41) is 1.47. The molecule has 3 amide bonds. The Kier molecular flexibility index (Phi) is 5.02. The molecule has 0 spiro atoms. The number of anilines is 1. The molecule has 1 N–H and O–H groups in total. The van der Waals surface area contributed by atoms with E-state index in [0.29, 0.717) is 22.2 Å². The molecule has 2 rings (SSSR count). The molecule has 1 saturated heterocycles. The van der Waals surface area contributed by atoms with Gasteiger partial charge in [0.25, 0.3) is 11.1 Å². The highest BCUT2D eigenvalue weighted by Gasteiger charge is 2.37. The van der Waals surface area contributed by atoms with Crippen LogP contribution in [0.15, 0.2) is 34.7 Å². The molecular weight excluding hydrogens is 345 g/mol. The third-order valence-corrected chi connectivity index (χ3v) is 4.29. The van der Waals surface area contributed by atoms with E-state index in [2.05, 4.69) is 5.32 Å². The Labute approximate surface area is 139 Å². The maximum atomic E-state index is 12.9. The molecule has 24 heavy (non-hydrogen) atoms. The zero-order chi connectivity index (χ0) is 18.1. The lowest BCUT2D eigenvalue weighted by Crippen LogP contribution is -2.36. The summed E-state index contributed by atoms with van der Waals surface area (Å²) in [5.74, 6) is -1.51. The second-order valence-electron chi connectivity index (χ2n) is 5.18. The standard InChI is InChI=1S/C15H13F3N2O3S/c1-8(2)12-13(22)20(14(23)24-12)7-11(21)19-10-6-4-3-5-9(10)15(16,17)18/h3-6H,7H2,1-2H3,(H,19,21). The largest absolute Gasteiger partial charge is 0.418 e. The van der Waals surface area contributed by atoms with E-state index in [0.717, 1.165) is 12.1 Å². The van der Waals surface area contributed by atoms with Crippen molar-refractivity contribution >= 4 is 34.5 Å². The number of benzene rings is 1. The van der Waals surface area contributed by atoms with Gasteiger partial charge in [0, 0.05) is 0 Å². The Bertz CT molecular complexity index is 740. The number of allylic oxidation sites excluding steroid dienone is 1. The Balaban J connectivity index is 2.15. The molecule has 0 saturated carbocycles. The van der Waals surface area contributed by atoms with Gasteiger partial charge in [-0.25, -0.2) is 0 Å². The van der Waals surface area contributed by atoms with Gasteiger partial charge in [-0.1, -0.05) is 17.7 Å². The molecule has 5 nitrogen and oxygen atoms in total. The lowest BCUT2D eigenvalue weighted by Gasteiger charge is -2.16. The lowest BCUT2D eigenvalue weighted by atomic mass is 10.1. The maximum Gasteiger partial charge on any atom is 0.418 e. The number of carbonyl (C=O) groups excluding carboxylic acids is 3. The van der Waals surface area contributed by atoms with Crippen molar-refractivity contribution in [2.75, 3.05) is 11.9 Å². The van der Waals surface area contributed by atoms with Gasteiger partial charge in [-0.05, 0) is 37.7 Å². The molecule has 1 aliphatic rings. The molecule has 0 bridgehead atoms. The molecule has 128 valence electrons. The molecule has 0 atom stereocenters. The van der Waals surface area contributed by atoms with Crippen LogP contribution in [0, 0.1) is 0 Å². The van der Waals surface area contributed by atoms with Crippen molar-refractivity contribution in [3.8, 4) is 0 Å². The summed E-state index contributed by atoms with van der Waals surface area (Å²) in [6.07, 6.45) is -4.63. The predicted octanol–water partition coefficient (Wildman–Crippen LogP) is 3.63. The van der Waals surface area contributed by atoms with Crippen molar-refractivity contribution in [3.05, 3.63) is 40.3 Å². The number of nitrogens with zero attached hydrogens (tertiary/aromatic N) is 1. The number of nitrogens with one attached hydrogen (secondary N) is 1. The normalized spacial score (nSPS) is 15.0. The summed E-state index contributed by atoms with van der Waals surface area (Å²) in [7, 11) is 0. The SMILES string of the molecule is CC(C)=C1SC(=O)N(CC(=O)Nc2ccccc2C(F)(F)F)C1=O. The first-order chi connectivity index (χ1) is 11.1. The number of imide groups is 1. The van der Waals surface area contributed by atoms with E-state index >= 15 is 0 Å². The van der Waals surface area contributed by atoms with Crippen molar-refractivity contribution in [1.82, 2.24) is 4.90 Å². The Hall–Kier alpha value is -2.29. The van der Waals surface area contributed by atoms with Crippen LogP contribution in [0.1, 0.15) is 19.4 Å². The first kappa shape index (κ1) is 18.1. The molecule has 9 heteroatoms.